The maximum absolute atomic E-state index is 6.01. The van der Waals surface area contributed by atoms with Crippen molar-refractivity contribution < 1.29 is 4.74 Å². The first kappa shape index (κ1) is 15.4. The Labute approximate surface area is 122 Å². The van der Waals surface area contributed by atoms with Crippen molar-refractivity contribution in [1.82, 2.24) is 15.2 Å². The third kappa shape index (κ3) is 4.27. The zero-order valence-corrected chi connectivity index (χ0v) is 12.9. The second-order valence-corrected chi connectivity index (χ2v) is 5.69. The van der Waals surface area contributed by atoms with Crippen LogP contribution in [0.15, 0.2) is 24.4 Å². The molecule has 1 N–H and O–H groups in total. The molecule has 2 heterocycles. The van der Waals surface area contributed by atoms with Crippen LogP contribution in [0.5, 0.6) is 0 Å². The van der Waals surface area contributed by atoms with Crippen molar-refractivity contribution >= 4 is 0 Å². The number of likely N-dealkylation sites (N-methyl/N-ethyl adjacent to an activating group) is 1. The Kier molecular flexibility index (Phi) is 5.95. The van der Waals surface area contributed by atoms with Crippen LogP contribution in [0.2, 0.25) is 0 Å². The van der Waals surface area contributed by atoms with Crippen LogP contribution in [-0.2, 0) is 11.2 Å². The van der Waals surface area contributed by atoms with Crippen LogP contribution in [0.25, 0.3) is 0 Å². The predicted molar refractivity (Wildman–Crippen MR) is 81.9 cm³/mol. The number of hydrogen-bond acceptors (Lipinski definition) is 4. The molecule has 0 aliphatic carbocycles. The van der Waals surface area contributed by atoms with E-state index < -0.39 is 0 Å². The van der Waals surface area contributed by atoms with E-state index in [-0.39, 0.29) is 6.10 Å². The van der Waals surface area contributed by atoms with Gasteiger partial charge in [-0.25, -0.2) is 0 Å². The molecule has 4 nitrogen and oxygen atoms in total. The molecule has 0 saturated carbocycles. The number of aromatic nitrogens is 1. The summed E-state index contributed by atoms with van der Waals surface area (Å²) >= 11 is 0. The van der Waals surface area contributed by atoms with Gasteiger partial charge in [0.15, 0.2) is 0 Å². The van der Waals surface area contributed by atoms with Crippen LogP contribution in [0.1, 0.15) is 26.5 Å². The van der Waals surface area contributed by atoms with E-state index in [9.17, 15) is 0 Å². The quantitative estimate of drug-likeness (QED) is 0.859. The molecule has 20 heavy (non-hydrogen) atoms. The molecule has 1 saturated heterocycles. The summed E-state index contributed by atoms with van der Waals surface area (Å²) in [6, 6.07) is 7.01. The van der Waals surface area contributed by atoms with Crippen LogP contribution in [0.4, 0.5) is 0 Å². The van der Waals surface area contributed by atoms with Crippen molar-refractivity contribution in [3.05, 3.63) is 30.1 Å². The second-order valence-electron chi connectivity index (χ2n) is 5.69. The first-order valence-electron chi connectivity index (χ1n) is 7.69. The first-order valence-corrected chi connectivity index (χ1v) is 7.69. The van der Waals surface area contributed by atoms with Gasteiger partial charge in [-0.3, -0.25) is 9.88 Å². The molecule has 2 unspecified atom stereocenters. The highest BCUT2D eigenvalue weighted by Crippen LogP contribution is 2.14. The van der Waals surface area contributed by atoms with Gasteiger partial charge in [-0.15, -0.1) is 0 Å². The van der Waals surface area contributed by atoms with E-state index in [4.69, 9.17) is 4.74 Å². The molecule has 1 aliphatic heterocycles. The molecule has 1 aromatic heterocycles. The van der Waals surface area contributed by atoms with Crippen LogP contribution >= 0.6 is 0 Å². The maximum atomic E-state index is 6.01. The normalized spacial score (nSPS) is 22.1. The minimum atomic E-state index is 0.244. The van der Waals surface area contributed by atoms with Gasteiger partial charge in [0.1, 0.15) is 0 Å². The molecular formula is C16H27N3O. The topological polar surface area (TPSA) is 37.4 Å². The van der Waals surface area contributed by atoms with Gasteiger partial charge in [0.25, 0.3) is 0 Å². The summed E-state index contributed by atoms with van der Waals surface area (Å²) in [5.74, 6) is 0. The van der Waals surface area contributed by atoms with Gasteiger partial charge in [-0.05, 0) is 32.5 Å². The van der Waals surface area contributed by atoms with Gasteiger partial charge in [0.2, 0.25) is 0 Å². The third-order valence-corrected chi connectivity index (χ3v) is 3.93. The van der Waals surface area contributed by atoms with E-state index in [0.717, 1.165) is 38.4 Å². The number of morpholine rings is 1. The van der Waals surface area contributed by atoms with E-state index in [1.165, 1.54) is 0 Å². The fourth-order valence-electron chi connectivity index (χ4n) is 2.75. The fraction of sp³-hybridized carbons (Fsp3) is 0.688. The molecule has 0 radical (unpaired) electrons. The summed E-state index contributed by atoms with van der Waals surface area (Å²) < 4.78 is 6.01. The molecule has 4 heteroatoms. The Morgan fingerprint density at radius 2 is 2.30 bits per heavy atom. The van der Waals surface area contributed by atoms with Gasteiger partial charge < -0.3 is 10.1 Å². The first-order chi connectivity index (χ1) is 9.70. The second kappa shape index (κ2) is 7.72. The average molecular weight is 277 g/mol. The Bertz CT molecular complexity index is 383. The monoisotopic (exact) mass is 277 g/mol. The van der Waals surface area contributed by atoms with Crippen molar-refractivity contribution in [1.29, 1.82) is 0 Å². The number of hydrogen-bond donors (Lipinski definition) is 1. The van der Waals surface area contributed by atoms with Gasteiger partial charge in [0.05, 0.1) is 12.7 Å². The smallest absolute Gasteiger partial charge is 0.0859 e. The fourth-order valence-corrected chi connectivity index (χ4v) is 2.75. The summed E-state index contributed by atoms with van der Waals surface area (Å²) in [7, 11) is 0. The van der Waals surface area contributed by atoms with Crippen LogP contribution in [0, 0.1) is 0 Å². The largest absolute Gasteiger partial charge is 0.374 e. The highest BCUT2D eigenvalue weighted by atomic mass is 16.5. The number of rotatable bonds is 6. The van der Waals surface area contributed by atoms with Crippen molar-refractivity contribution in [3.63, 3.8) is 0 Å². The number of ether oxygens (including phenoxy) is 1. The Balaban J connectivity index is 2.00. The highest BCUT2D eigenvalue weighted by Gasteiger charge is 2.29. The van der Waals surface area contributed by atoms with Crippen LogP contribution in [-0.4, -0.2) is 54.3 Å². The third-order valence-electron chi connectivity index (χ3n) is 3.93. The molecule has 0 bridgehead atoms. The minimum absolute atomic E-state index is 0.244. The lowest BCUT2D eigenvalue weighted by molar-refractivity contribution is -0.0551. The Morgan fingerprint density at radius 1 is 1.45 bits per heavy atom. The lowest BCUT2D eigenvalue weighted by atomic mass is 10.0. The van der Waals surface area contributed by atoms with E-state index in [1.807, 2.05) is 18.3 Å². The summed E-state index contributed by atoms with van der Waals surface area (Å²) in [6.07, 6.45) is 3.03. The SMILES string of the molecule is CCNC(Cc1ccccn1)C1CN(C(C)C)CCO1. The van der Waals surface area contributed by atoms with E-state index in [2.05, 4.69) is 42.0 Å². The summed E-state index contributed by atoms with van der Waals surface area (Å²) in [5.41, 5.74) is 1.13. The van der Waals surface area contributed by atoms with Crippen LogP contribution < -0.4 is 5.32 Å². The number of pyridine rings is 1. The number of nitrogens with zero attached hydrogens (tertiary/aromatic N) is 2. The minimum Gasteiger partial charge on any atom is -0.374 e. The number of nitrogens with one attached hydrogen (secondary N) is 1. The summed E-state index contributed by atoms with van der Waals surface area (Å²) in [5, 5.41) is 3.57. The highest BCUT2D eigenvalue weighted by molar-refractivity contribution is 5.06. The van der Waals surface area contributed by atoms with Gasteiger partial charge in [0, 0.05) is 43.5 Å². The molecule has 1 fully saturated rings. The van der Waals surface area contributed by atoms with Gasteiger partial charge >= 0.3 is 0 Å². The van der Waals surface area contributed by atoms with E-state index >= 15 is 0 Å². The standard InChI is InChI=1S/C16H27N3O/c1-4-17-15(11-14-7-5-6-8-18-14)16-12-19(13(2)3)9-10-20-16/h5-8,13,15-17H,4,9-12H2,1-3H3. The molecule has 0 spiro atoms. The van der Waals surface area contributed by atoms with Gasteiger partial charge in [-0.2, -0.15) is 0 Å². The van der Waals surface area contributed by atoms with Crippen molar-refractivity contribution in [2.45, 2.75) is 45.4 Å². The molecule has 2 rings (SSSR count). The van der Waals surface area contributed by atoms with Crippen LogP contribution in [0.3, 0.4) is 0 Å². The maximum Gasteiger partial charge on any atom is 0.0859 e. The zero-order valence-electron chi connectivity index (χ0n) is 12.9. The Morgan fingerprint density at radius 3 is 2.95 bits per heavy atom. The van der Waals surface area contributed by atoms with Crippen molar-refractivity contribution in [2.75, 3.05) is 26.2 Å². The molecule has 1 aliphatic rings. The zero-order chi connectivity index (χ0) is 14.4. The molecule has 112 valence electrons. The van der Waals surface area contributed by atoms with E-state index in [1.54, 1.807) is 0 Å². The van der Waals surface area contributed by atoms with E-state index in [0.29, 0.717) is 12.1 Å². The van der Waals surface area contributed by atoms with Crippen molar-refractivity contribution in [2.24, 2.45) is 0 Å². The molecule has 1 aromatic rings. The molecule has 0 aromatic carbocycles. The predicted octanol–water partition coefficient (Wildman–Crippen LogP) is 1.71. The summed E-state index contributed by atoms with van der Waals surface area (Å²) in [6.45, 7) is 10.5. The summed E-state index contributed by atoms with van der Waals surface area (Å²) in [4.78, 5) is 6.94. The van der Waals surface area contributed by atoms with Gasteiger partial charge in [-0.1, -0.05) is 13.0 Å². The molecule has 2 atom stereocenters. The lowest BCUT2D eigenvalue weighted by Crippen LogP contribution is -2.54. The Hall–Kier alpha value is -0.970. The average Bonchev–Trinajstić information content (AvgIpc) is 2.48. The molecular weight excluding hydrogens is 250 g/mol. The lowest BCUT2D eigenvalue weighted by Gasteiger charge is -2.39. The van der Waals surface area contributed by atoms with Crippen molar-refractivity contribution in [3.8, 4) is 0 Å². The molecule has 0 amide bonds.